The van der Waals surface area contributed by atoms with Gasteiger partial charge in [0.1, 0.15) is 11.9 Å². The number of nitrogens with two attached hydrogens (primary N) is 1. The number of carbonyl (C=O) groups is 3. The molecule has 1 aliphatic heterocycles. The van der Waals surface area contributed by atoms with Crippen molar-refractivity contribution in [3.63, 3.8) is 0 Å². The van der Waals surface area contributed by atoms with Crippen LogP contribution in [-0.4, -0.2) is 78.1 Å². The first kappa shape index (κ1) is 33.3. The van der Waals surface area contributed by atoms with Crippen molar-refractivity contribution < 1.29 is 24.2 Å². The Kier molecular flexibility index (Phi) is 12.0. The van der Waals surface area contributed by atoms with E-state index in [0.29, 0.717) is 55.0 Å². The van der Waals surface area contributed by atoms with Crippen LogP contribution in [0.4, 0.5) is 17.1 Å². The van der Waals surface area contributed by atoms with Gasteiger partial charge in [0.05, 0.1) is 30.4 Å². The number of ether oxygens (including phenoxy) is 1. The highest BCUT2D eigenvalue weighted by molar-refractivity contribution is 5.94. The first-order valence-electron chi connectivity index (χ1n) is 16.0. The van der Waals surface area contributed by atoms with Crippen LogP contribution in [0.1, 0.15) is 64.4 Å². The third-order valence-corrected chi connectivity index (χ3v) is 8.50. The van der Waals surface area contributed by atoms with E-state index < -0.39 is 0 Å². The molecule has 1 heterocycles. The molecule has 2 aromatic rings. The number of para-hydroxylation sites is 2. The third kappa shape index (κ3) is 9.95. The lowest BCUT2D eigenvalue weighted by molar-refractivity contribution is -0.134. The lowest BCUT2D eigenvalue weighted by atomic mass is 10.0. The molecule has 2 aromatic carbocycles. The summed E-state index contributed by atoms with van der Waals surface area (Å²) in [6, 6.07) is 12.3. The van der Waals surface area contributed by atoms with E-state index in [1.165, 1.54) is 12.8 Å². The van der Waals surface area contributed by atoms with E-state index in [9.17, 15) is 19.5 Å². The number of fused-ring (bicyclic) bond motifs is 1. The van der Waals surface area contributed by atoms with Gasteiger partial charge in [-0.1, -0.05) is 25.5 Å². The fraction of sp³-hybridized carbons (Fsp3) is 0.559. The van der Waals surface area contributed by atoms with E-state index in [0.717, 1.165) is 31.0 Å². The number of hydrogen-bond acceptors (Lipinski definition) is 7. The number of rotatable bonds is 14. The number of likely N-dealkylation sites (N-methyl/N-ethyl adjacent to an activating group) is 1. The maximum absolute atomic E-state index is 13.4. The Morgan fingerprint density at radius 2 is 1.77 bits per heavy atom. The van der Waals surface area contributed by atoms with Crippen molar-refractivity contribution in [1.29, 1.82) is 0 Å². The monoisotopic (exact) mass is 607 g/mol. The number of unbranched alkanes of at least 4 members (excludes halogenated alkanes) is 2. The molecule has 2 aliphatic rings. The quantitative estimate of drug-likeness (QED) is 0.186. The summed E-state index contributed by atoms with van der Waals surface area (Å²) >= 11 is 0. The van der Waals surface area contributed by atoms with Crippen LogP contribution in [0.3, 0.4) is 0 Å². The Bertz CT molecular complexity index is 1280. The van der Waals surface area contributed by atoms with Crippen LogP contribution < -0.4 is 21.1 Å². The summed E-state index contributed by atoms with van der Waals surface area (Å²) in [5.74, 6) is 1.18. The summed E-state index contributed by atoms with van der Waals surface area (Å²) in [5, 5.41) is 15.7. The molecule has 0 bridgehead atoms. The van der Waals surface area contributed by atoms with Gasteiger partial charge in [-0.25, -0.2) is 0 Å². The molecule has 3 amide bonds. The summed E-state index contributed by atoms with van der Waals surface area (Å²) in [6.07, 6.45) is 5.29. The Balaban J connectivity index is 1.33. The number of carbonyl (C=O) groups excluding carboxylic acids is 3. The van der Waals surface area contributed by atoms with E-state index in [4.69, 9.17) is 10.5 Å². The van der Waals surface area contributed by atoms with Crippen LogP contribution >= 0.6 is 0 Å². The largest absolute Gasteiger partial charge is 0.488 e. The highest BCUT2D eigenvalue weighted by Crippen LogP contribution is 2.31. The maximum Gasteiger partial charge on any atom is 0.227 e. The van der Waals surface area contributed by atoms with Gasteiger partial charge < -0.3 is 36.0 Å². The van der Waals surface area contributed by atoms with Crippen molar-refractivity contribution >= 4 is 34.8 Å². The highest BCUT2D eigenvalue weighted by Gasteiger charge is 2.32. The van der Waals surface area contributed by atoms with Gasteiger partial charge in [0.25, 0.3) is 0 Å². The molecule has 0 spiro atoms. The van der Waals surface area contributed by atoms with Crippen LogP contribution in [-0.2, 0) is 20.8 Å². The fourth-order valence-electron chi connectivity index (χ4n) is 5.64. The first-order valence-corrected chi connectivity index (χ1v) is 16.0. The molecule has 0 saturated heterocycles. The smallest absolute Gasteiger partial charge is 0.227 e. The molecule has 1 fully saturated rings. The molecular weight excluding hydrogens is 558 g/mol. The molecule has 0 aromatic heterocycles. The Labute approximate surface area is 261 Å². The van der Waals surface area contributed by atoms with Gasteiger partial charge >= 0.3 is 0 Å². The second-order valence-corrected chi connectivity index (χ2v) is 12.6. The SMILES string of the molecule is C[C@H](CO)N1C[C@H](C)[C@H](CN(C)CC2CC2)Oc2ccc(NC(=O)CCCCCC(=O)Nc3ccccc3N)cc2CC1=O. The Morgan fingerprint density at radius 1 is 1.07 bits per heavy atom. The number of nitrogen functional groups attached to an aromatic ring is 1. The van der Waals surface area contributed by atoms with E-state index in [1.807, 2.05) is 37.3 Å². The molecule has 5 N–H and O–H groups in total. The molecule has 4 rings (SSSR count). The summed E-state index contributed by atoms with van der Waals surface area (Å²) in [4.78, 5) is 42.5. The molecule has 3 atom stereocenters. The molecule has 44 heavy (non-hydrogen) atoms. The van der Waals surface area contributed by atoms with Crippen molar-refractivity contribution in [3.8, 4) is 5.75 Å². The van der Waals surface area contributed by atoms with E-state index in [2.05, 4.69) is 29.5 Å². The molecule has 0 unspecified atom stereocenters. The van der Waals surface area contributed by atoms with Crippen LogP contribution in [0.15, 0.2) is 42.5 Å². The fourth-order valence-corrected chi connectivity index (χ4v) is 5.64. The van der Waals surface area contributed by atoms with Gasteiger partial charge in [-0.2, -0.15) is 0 Å². The number of nitrogens with zero attached hydrogens (tertiary/aromatic N) is 2. The Morgan fingerprint density at radius 3 is 2.45 bits per heavy atom. The van der Waals surface area contributed by atoms with Crippen molar-refractivity contribution in [3.05, 3.63) is 48.0 Å². The maximum atomic E-state index is 13.4. The summed E-state index contributed by atoms with van der Waals surface area (Å²) in [7, 11) is 2.12. The van der Waals surface area contributed by atoms with Crippen LogP contribution in [0.5, 0.6) is 5.75 Å². The third-order valence-electron chi connectivity index (χ3n) is 8.50. The van der Waals surface area contributed by atoms with E-state index in [-0.39, 0.29) is 48.8 Å². The standard InChI is InChI=1S/C34H49N5O5/c1-23-19-39(24(2)22-40)34(43)18-26-17-27(15-16-30(26)44-31(23)21-38(3)20-25-13-14-25)36-32(41)11-5-4-6-12-33(42)37-29-10-8-7-9-28(29)35/h7-10,15-17,23-25,31,40H,4-6,11-14,18-22,35H2,1-3H3,(H,36,41)(H,37,42)/t23-,24+,31-/m0/s1. The van der Waals surface area contributed by atoms with Crippen molar-refractivity contribution in [2.24, 2.45) is 11.8 Å². The summed E-state index contributed by atoms with van der Waals surface area (Å²) < 4.78 is 6.59. The lowest BCUT2D eigenvalue weighted by Gasteiger charge is -2.34. The second kappa shape index (κ2) is 15.9. The van der Waals surface area contributed by atoms with Gasteiger partial charge in [0, 0.05) is 49.6 Å². The average Bonchev–Trinajstić information content (AvgIpc) is 3.80. The highest BCUT2D eigenvalue weighted by atomic mass is 16.5. The number of aliphatic hydroxyl groups excluding tert-OH is 1. The van der Waals surface area contributed by atoms with E-state index in [1.54, 1.807) is 17.0 Å². The number of aliphatic hydroxyl groups is 1. The molecule has 10 heteroatoms. The molecule has 10 nitrogen and oxygen atoms in total. The zero-order valence-corrected chi connectivity index (χ0v) is 26.4. The van der Waals surface area contributed by atoms with E-state index >= 15 is 0 Å². The summed E-state index contributed by atoms with van der Waals surface area (Å²) in [5.41, 5.74) is 8.35. The molecular formula is C34H49N5O5. The van der Waals surface area contributed by atoms with Crippen LogP contribution in [0, 0.1) is 11.8 Å². The van der Waals surface area contributed by atoms with Crippen molar-refractivity contribution in [1.82, 2.24) is 9.80 Å². The number of amides is 3. The molecule has 0 radical (unpaired) electrons. The molecule has 1 saturated carbocycles. The number of anilines is 3. The van der Waals surface area contributed by atoms with Gasteiger partial charge in [0.2, 0.25) is 17.7 Å². The minimum atomic E-state index is -0.304. The second-order valence-electron chi connectivity index (χ2n) is 12.6. The molecule has 240 valence electrons. The van der Waals surface area contributed by atoms with Gasteiger partial charge in [-0.05, 0) is 75.9 Å². The predicted octanol–water partition coefficient (Wildman–Crippen LogP) is 4.29. The summed E-state index contributed by atoms with van der Waals surface area (Å²) in [6.45, 7) is 6.14. The van der Waals surface area contributed by atoms with Crippen LogP contribution in [0.25, 0.3) is 0 Å². The minimum Gasteiger partial charge on any atom is -0.488 e. The Hall–Kier alpha value is -3.63. The first-order chi connectivity index (χ1) is 21.1. The normalized spacial score (nSPS) is 19.3. The van der Waals surface area contributed by atoms with Gasteiger partial charge in [-0.15, -0.1) is 0 Å². The van der Waals surface area contributed by atoms with Gasteiger partial charge in [0.15, 0.2) is 0 Å². The molecule has 1 aliphatic carbocycles. The lowest BCUT2D eigenvalue weighted by Crippen LogP contribution is -2.47. The van der Waals surface area contributed by atoms with Gasteiger partial charge in [-0.3, -0.25) is 14.4 Å². The predicted molar refractivity (Wildman–Crippen MR) is 173 cm³/mol. The van der Waals surface area contributed by atoms with Crippen LogP contribution in [0.2, 0.25) is 0 Å². The minimum absolute atomic E-state index is 0.0579. The van der Waals surface area contributed by atoms with Crippen molar-refractivity contribution in [2.75, 3.05) is 49.7 Å². The average molecular weight is 608 g/mol. The topological polar surface area (TPSA) is 137 Å². The van der Waals surface area contributed by atoms with Crippen molar-refractivity contribution in [2.45, 2.75) is 77.4 Å². The number of hydrogen-bond donors (Lipinski definition) is 4. The zero-order valence-electron chi connectivity index (χ0n) is 26.4. The number of benzene rings is 2. The number of nitrogens with one attached hydrogen (secondary N) is 2. The zero-order chi connectivity index (χ0) is 31.6.